The molecule has 8 heteroatoms. The van der Waals surface area contributed by atoms with E-state index in [2.05, 4.69) is 10.3 Å². The highest BCUT2D eigenvalue weighted by Crippen LogP contribution is 2.32. The Morgan fingerprint density at radius 2 is 2.00 bits per heavy atom. The highest BCUT2D eigenvalue weighted by Gasteiger charge is 2.15. The number of benzene rings is 1. The molecule has 1 unspecified atom stereocenters. The Hall–Kier alpha value is -3.03. The van der Waals surface area contributed by atoms with Gasteiger partial charge in [0.1, 0.15) is 0 Å². The number of hydrogen-bond acceptors (Lipinski definition) is 5. The zero-order valence-corrected chi connectivity index (χ0v) is 14.5. The maximum absolute atomic E-state index is 12.2. The lowest BCUT2D eigenvalue weighted by molar-refractivity contribution is -0.122. The number of carbonyl (C=O) groups excluding carboxylic acids is 1. The van der Waals surface area contributed by atoms with Crippen LogP contribution in [0, 0.1) is 0 Å². The minimum atomic E-state index is -0.527. The largest absolute Gasteiger partial charge is 0.490 e. The molecule has 0 radical (unpaired) electrons. The molecule has 138 valence electrons. The predicted molar refractivity (Wildman–Crippen MR) is 94.5 cm³/mol. The molecule has 2 aromatic rings. The molecular weight excluding hydrogens is 338 g/mol. The molecule has 0 aliphatic carbocycles. The molecular formula is C18H21N3O5. The van der Waals surface area contributed by atoms with Crippen LogP contribution in [0.2, 0.25) is 0 Å². The summed E-state index contributed by atoms with van der Waals surface area (Å²) in [6.07, 6.45) is 2.34. The first-order valence-electron chi connectivity index (χ1n) is 8.51. The summed E-state index contributed by atoms with van der Waals surface area (Å²) < 4.78 is 12.6. The van der Waals surface area contributed by atoms with Crippen LogP contribution in [-0.2, 0) is 11.3 Å². The van der Waals surface area contributed by atoms with Crippen LogP contribution in [0.5, 0.6) is 11.5 Å². The van der Waals surface area contributed by atoms with Crippen molar-refractivity contribution in [2.45, 2.75) is 32.4 Å². The monoisotopic (exact) mass is 359 g/mol. The van der Waals surface area contributed by atoms with E-state index in [-0.39, 0.29) is 24.9 Å². The third kappa shape index (κ3) is 4.33. The Kier molecular flexibility index (Phi) is 5.40. The molecule has 1 atom stereocenters. The van der Waals surface area contributed by atoms with Crippen LogP contribution in [0.25, 0.3) is 0 Å². The van der Waals surface area contributed by atoms with E-state index in [1.165, 1.54) is 16.8 Å². The summed E-state index contributed by atoms with van der Waals surface area (Å²) in [5, 5.41) is 2.90. The lowest BCUT2D eigenvalue weighted by Gasteiger charge is -2.16. The Labute approximate surface area is 149 Å². The number of fused-ring (bicyclic) bond motifs is 1. The molecule has 0 fully saturated rings. The van der Waals surface area contributed by atoms with Crippen molar-refractivity contribution >= 4 is 5.91 Å². The quantitative estimate of drug-likeness (QED) is 0.828. The minimum absolute atomic E-state index is 0.126. The molecule has 1 aromatic carbocycles. The van der Waals surface area contributed by atoms with E-state index in [1.54, 1.807) is 0 Å². The molecule has 0 saturated carbocycles. The maximum atomic E-state index is 12.2. The summed E-state index contributed by atoms with van der Waals surface area (Å²) in [5.41, 5.74) is -0.0798. The highest BCUT2D eigenvalue weighted by molar-refractivity contribution is 5.76. The van der Waals surface area contributed by atoms with Gasteiger partial charge in [-0.3, -0.25) is 14.6 Å². The standard InChI is InChI=1S/C18H21N3O5/c1-12(13-3-4-14-15(11-13)26-10-2-9-25-14)19-16(22)5-7-21-8-6-17(23)20-18(21)24/h3-4,6,8,11-12H,2,5,7,9-10H2,1H3,(H,19,22)(H,20,23,24). The second-order valence-electron chi connectivity index (χ2n) is 6.10. The first kappa shape index (κ1) is 17.8. The van der Waals surface area contributed by atoms with Crippen LogP contribution >= 0.6 is 0 Å². The molecule has 8 nitrogen and oxygen atoms in total. The van der Waals surface area contributed by atoms with E-state index < -0.39 is 11.2 Å². The maximum Gasteiger partial charge on any atom is 0.328 e. The van der Waals surface area contributed by atoms with Gasteiger partial charge in [-0.15, -0.1) is 0 Å². The predicted octanol–water partition coefficient (Wildman–Crippen LogP) is 0.965. The Morgan fingerprint density at radius 1 is 1.23 bits per heavy atom. The average molecular weight is 359 g/mol. The normalized spacial score (nSPS) is 14.3. The molecule has 2 N–H and O–H groups in total. The molecule has 0 spiro atoms. The number of aromatic amines is 1. The van der Waals surface area contributed by atoms with Gasteiger partial charge in [0.25, 0.3) is 5.56 Å². The van der Waals surface area contributed by atoms with E-state index in [4.69, 9.17) is 9.47 Å². The van der Waals surface area contributed by atoms with Gasteiger partial charge in [0.2, 0.25) is 5.91 Å². The lowest BCUT2D eigenvalue weighted by Crippen LogP contribution is -2.32. The van der Waals surface area contributed by atoms with E-state index in [1.807, 2.05) is 25.1 Å². The number of rotatable bonds is 5. The lowest BCUT2D eigenvalue weighted by atomic mass is 10.1. The molecule has 3 rings (SSSR count). The fourth-order valence-electron chi connectivity index (χ4n) is 2.69. The van der Waals surface area contributed by atoms with Crippen molar-refractivity contribution in [2.75, 3.05) is 13.2 Å². The summed E-state index contributed by atoms with van der Waals surface area (Å²) in [6, 6.07) is 6.65. The second-order valence-corrected chi connectivity index (χ2v) is 6.10. The molecule has 2 heterocycles. The Bertz CT molecular complexity index is 902. The molecule has 1 aliphatic heterocycles. The molecule has 1 aliphatic rings. The summed E-state index contributed by atoms with van der Waals surface area (Å²) in [4.78, 5) is 37.0. The van der Waals surface area contributed by atoms with Crippen LogP contribution < -0.4 is 26.0 Å². The molecule has 0 saturated heterocycles. The number of aromatic nitrogens is 2. The molecule has 0 bridgehead atoms. The van der Waals surface area contributed by atoms with Crippen LogP contribution in [0.15, 0.2) is 40.1 Å². The minimum Gasteiger partial charge on any atom is -0.490 e. The summed E-state index contributed by atoms with van der Waals surface area (Å²) in [5.74, 6) is 1.20. The van der Waals surface area contributed by atoms with Gasteiger partial charge in [0.15, 0.2) is 11.5 Å². The van der Waals surface area contributed by atoms with Gasteiger partial charge in [0, 0.05) is 31.6 Å². The summed E-state index contributed by atoms with van der Waals surface area (Å²) in [6.45, 7) is 3.30. The number of amides is 1. The third-order valence-corrected chi connectivity index (χ3v) is 4.13. The highest BCUT2D eigenvalue weighted by atomic mass is 16.5. The third-order valence-electron chi connectivity index (χ3n) is 4.13. The number of hydrogen-bond donors (Lipinski definition) is 2. The number of ether oxygens (including phenoxy) is 2. The SMILES string of the molecule is CC(NC(=O)CCn1ccc(=O)[nH]c1=O)c1ccc2c(c1)OCCCO2. The molecule has 1 amide bonds. The van der Waals surface area contributed by atoms with E-state index in [0.717, 1.165) is 12.0 Å². The number of aryl methyl sites for hydroxylation is 1. The van der Waals surface area contributed by atoms with Crippen LogP contribution in [-0.4, -0.2) is 28.7 Å². The van der Waals surface area contributed by atoms with Gasteiger partial charge in [-0.2, -0.15) is 0 Å². The van der Waals surface area contributed by atoms with Crippen molar-refractivity contribution in [1.29, 1.82) is 0 Å². The fraction of sp³-hybridized carbons (Fsp3) is 0.389. The van der Waals surface area contributed by atoms with Gasteiger partial charge < -0.3 is 19.4 Å². The van der Waals surface area contributed by atoms with Crippen molar-refractivity contribution < 1.29 is 14.3 Å². The number of carbonyl (C=O) groups is 1. The van der Waals surface area contributed by atoms with E-state index in [9.17, 15) is 14.4 Å². The number of nitrogens with one attached hydrogen (secondary N) is 2. The summed E-state index contributed by atoms with van der Waals surface area (Å²) in [7, 11) is 0. The van der Waals surface area contributed by atoms with Gasteiger partial charge in [-0.05, 0) is 24.6 Å². The van der Waals surface area contributed by atoms with Crippen molar-refractivity contribution in [2.24, 2.45) is 0 Å². The second kappa shape index (κ2) is 7.90. The van der Waals surface area contributed by atoms with Crippen molar-refractivity contribution in [3.05, 3.63) is 56.9 Å². The van der Waals surface area contributed by atoms with Crippen LogP contribution in [0.4, 0.5) is 0 Å². The van der Waals surface area contributed by atoms with E-state index in [0.29, 0.717) is 24.7 Å². The topological polar surface area (TPSA) is 102 Å². The average Bonchev–Trinajstić information content (AvgIpc) is 2.85. The smallest absolute Gasteiger partial charge is 0.328 e. The van der Waals surface area contributed by atoms with E-state index >= 15 is 0 Å². The zero-order chi connectivity index (χ0) is 18.5. The van der Waals surface area contributed by atoms with Crippen molar-refractivity contribution in [3.8, 4) is 11.5 Å². The summed E-state index contributed by atoms with van der Waals surface area (Å²) >= 11 is 0. The van der Waals surface area contributed by atoms with Gasteiger partial charge >= 0.3 is 5.69 Å². The molecule has 26 heavy (non-hydrogen) atoms. The number of H-pyrrole nitrogens is 1. The zero-order valence-electron chi connectivity index (χ0n) is 14.5. The Balaban J connectivity index is 1.59. The van der Waals surface area contributed by atoms with Crippen LogP contribution in [0.1, 0.15) is 31.4 Å². The fourth-order valence-corrected chi connectivity index (χ4v) is 2.69. The van der Waals surface area contributed by atoms with Crippen molar-refractivity contribution in [3.63, 3.8) is 0 Å². The first-order valence-corrected chi connectivity index (χ1v) is 8.51. The van der Waals surface area contributed by atoms with Gasteiger partial charge in [0.05, 0.1) is 19.3 Å². The molecule has 1 aromatic heterocycles. The van der Waals surface area contributed by atoms with Crippen LogP contribution in [0.3, 0.4) is 0 Å². The van der Waals surface area contributed by atoms with Gasteiger partial charge in [-0.25, -0.2) is 4.79 Å². The van der Waals surface area contributed by atoms with Gasteiger partial charge in [-0.1, -0.05) is 6.07 Å². The number of nitrogens with zero attached hydrogens (tertiary/aromatic N) is 1. The Morgan fingerprint density at radius 3 is 2.77 bits per heavy atom. The first-order chi connectivity index (χ1) is 12.5. The van der Waals surface area contributed by atoms with Crippen molar-refractivity contribution in [1.82, 2.24) is 14.9 Å².